The van der Waals surface area contributed by atoms with Gasteiger partial charge in [-0.2, -0.15) is 0 Å². The average Bonchev–Trinajstić information content (AvgIpc) is 2.96. The van der Waals surface area contributed by atoms with Crippen LogP contribution >= 0.6 is 11.6 Å². The standard InChI is InChI=1S/C17H19ClN2O6/c1-10-4-6-17(7-5-10)19(14(9-26-17)16(22)23)15(21)11-2-3-12(18)13(8-11)20(24)25/h2-3,8,10,14H,4-7,9H2,1H3,(H,22,23). The number of halogens is 1. The van der Waals surface area contributed by atoms with Gasteiger partial charge in [0.2, 0.25) is 0 Å². The SMILES string of the molecule is CC1CCC2(CC1)OCC(C(=O)O)N2C(=O)c1ccc(Cl)c([N+](=O)[O-])c1. The highest BCUT2D eigenvalue weighted by molar-refractivity contribution is 6.32. The van der Waals surface area contributed by atoms with Crippen LogP contribution in [0.2, 0.25) is 5.02 Å². The molecule has 8 nitrogen and oxygen atoms in total. The van der Waals surface area contributed by atoms with E-state index < -0.39 is 34.3 Å². The monoisotopic (exact) mass is 382 g/mol. The Hall–Kier alpha value is -2.19. The van der Waals surface area contributed by atoms with E-state index in [9.17, 15) is 24.8 Å². The molecule has 1 atom stereocenters. The van der Waals surface area contributed by atoms with Gasteiger partial charge in [0.15, 0.2) is 6.04 Å². The maximum atomic E-state index is 13.1. The van der Waals surface area contributed by atoms with Gasteiger partial charge in [-0.1, -0.05) is 18.5 Å². The molecule has 1 aliphatic heterocycles. The highest BCUT2D eigenvalue weighted by Gasteiger charge is 2.53. The number of nitro groups is 1. The van der Waals surface area contributed by atoms with Gasteiger partial charge in [-0.25, -0.2) is 4.79 Å². The molecule has 140 valence electrons. The Kier molecular flexibility index (Phi) is 4.90. The molecule has 1 spiro atoms. The third-order valence-electron chi connectivity index (χ3n) is 5.21. The van der Waals surface area contributed by atoms with E-state index in [1.54, 1.807) is 0 Å². The maximum Gasteiger partial charge on any atom is 0.328 e. The van der Waals surface area contributed by atoms with E-state index in [1.165, 1.54) is 17.0 Å². The minimum Gasteiger partial charge on any atom is -0.480 e. The van der Waals surface area contributed by atoms with Crippen LogP contribution in [0.1, 0.15) is 43.0 Å². The van der Waals surface area contributed by atoms with Gasteiger partial charge in [-0.3, -0.25) is 19.8 Å². The molecule has 1 aromatic rings. The second kappa shape index (κ2) is 6.85. The summed E-state index contributed by atoms with van der Waals surface area (Å²) >= 11 is 5.81. The van der Waals surface area contributed by atoms with Crippen molar-refractivity contribution < 1.29 is 24.4 Å². The topological polar surface area (TPSA) is 110 Å². The highest BCUT2D eigenvalue weighted by Crippen LogP contribution is 2.43. The zero-order valence-corrected chi connectivity index (χ0v) is 14.9. The molecule has 3 rings (SSSR count). The first kappa shape index (κ1) is 18.6. The normalized spacial score (nSPS) is 28.3. The number of carbonyl (C=O) groups excluding carboxylic acids is 1. The molecule has 0 aromatic heterocycles. The Bertz CT molecular complexity index is 760. The van der Waals surface area contributed by atoms with E-state index in [1.807, 2.05) is 0 Å². The minimum atomic E-state index is -1.16. The Labute approximate surface area is 154 Å². The summed E-state index contributed by atoms with van der Waals surface area (Å²) in [6.45, 7) is 2.01. The maximum absolute atomic E-state index is 13.1. The summed E-state index contributed by atoms with van der Waals surface area (Å²) in [5, 5.41) is 20.5. The van der Waals surface area contributed by atoms with E-state index in [4.69, 9.17) is 16.3 Å². The number of carbonyl (C=O) groups is 2. The number of carboxylic acids is 1. The minimum absolute atomic E-state index is 0.0239. The molecular weight excluding hydrogens is 364 g/mol. The fourth-order valence-corrected chi connectivity index (χ4v) is 3.88. The van der Waals surface area contributed by atoms with Gasteiger partial charge < -0.3 is 9.84 Å². The molecule has 26 heavy (non-hydrogen) atoms. The second-order valence-electron chi connectivity index (χ2n) is 6.89. The highest BCUT2D eigenvalue weighted by atomic mass is 35.5. The van der Waals surface area contributed by atoms with Crippen LogP contribution in [0.4, 0.5) is 5.69 Å². The summed E-state index contributed by atoms with van der Waals surface area (Å²) in [7, 11) is 0. The van der Waals surface area contributed by atoms with Gasteiger partial charge in [-0.05, 0) is 43.7 Å². The Balaban J connectivity index is 1.99. The molecule has 1 amide bonds. The molecule has 1 aliphatic carbocycles. The summed E-state index contributed by atoms with van der Waals surface area (Å²) in [4.78, 5) is 36.5. The molecule has 1 N–H and O–H groups in total. The zero-order valence-electron chi connectivity index (χ0n) is 14.2. The summed E-state index contributed by atoms with van der Waals surface area (Å²) < 4.78 is 5.82. The lowest BCUT2D eigenvalue weighted by atomic mass is 9.83. The van der Waals surface area contributed by atoms with Crippen LogP contribution in [0.5, 0.6) is 0 Å². The van der Waals surface area contributed by atoms with Crippen LogP contribution in [-0.4, -0.2) is 45.2 Å². The number of amides is 1. The lowest BCUT2D eigenvalue weighted by Crippen LogP contribution is -2.55. The number of hydrogen-bond donors (Lipinski definition) is 1. The lowest BCUT2D eigenvalue weighted by molar-refractivity contribution is -0.384. The van der Waals surface area contributed by atoms with Gasteiger partial charge >= 0.3 is 5.97 Å². The quantitative estimate of drug-likeness (QED) is 0.635. The number of rotatable bonds is 3. The largest absolute Gasteiger partial charge is 0.480 e. The third-order valence-corrected chi connectivity index (χ3v) is 5.53. The number of ether oxygens (including phenoxy) is 1. The fraction of sp³-hybridized carbons (Fsp3) is 0.529. The first-order valence-electron chi connectivity index (χ1n) is 8.39. The van der Waals surface area contributed by atoms with Crippen LogP contribution in [0.3, 0.4) is 0 Å². The van der Waals surface area contributed by atoms with Crippen LogP contribution in [0.25, 0.3) is 0 Å². The van der Waals surface area contributed by atoms with Gasteiger partial charge in [0.25, 0.3) is 11.6 Å². The third kappa shape index (κ3) is 3.14. The molecule has 1 aromatic carbocycles. The van der Waals surface area contributed by atoms with Crippen molar-refractivity contribution in [1.29, 1.82) is 0 Å². The van der Waals surface area contributed by atoms with Crippen molar-refractivity contribution in [1.82, 2.24) is 4.90 Å². The van der Waals surface area contributed by atoms with Crippen molar-refractivity contribution in [3.63, 3.8) is 0 Å². The van der Waals surface area contributed by atoms with E-state index >= 15 is 0 Å². The summed E-state index contributed by atoms with van der Waals surface area (Å²) in [5.41, 5.74) is -1.34. The Morgan fingerprint density at radius 1 is 1.38 bits per heavy atom. The molecule has 9 heteroatoms. The molecule has 1 saturated heterocycles. The fourth-order valence-electron chi connectivity index (χ4n) is 3.69. The predicted octanol–water partition coefficient (Wildman–Crippen LogP) is 3.08. The van der Waals surface area contributed by atoms with E-state index in [2.05, 4.69) is 6.92 Å². The number of hydrogen-bond acceptors (Lipinski definition) is 5. The zero-order chi connectivity index (χ0) is 19.1. The number of nitrogens with zero attached hydrogens (tertiary/aromatic N) is 2. The lowest BCUT2D eigenvalue weighted by Gasteiger charge is -2.42. The van der Waals surface area contributed by atoms with Crippen molar-refractivity contribution in [3.05, 3.63) is 38.9 Å². The van der Waals surface area contributed by atoms with Crippen LogP contribution in [-0.2, 0) is 9.53 Å². The molecule has 1 heterocycles. The van der Waals surface area contributed by atoms with Gasteiger partial charge in [-0.15, -0.1) is 0 Å². The number of aliphatic carboxylic acids is 1. The molecule has 2 aliphatic rings. The first-order valence-corrected chi connectivity index (χ1v) is 8.77. The first-order chi connectivity index (χ1) is 12.2. The van der Waals surface area contributed by atoms with Gasteiger partial charge in [0, 0.05) is 11.6 Å². The molecule has 1 unspecified atom stereocenters. The summed E-state index contributed by atoms with van der Waals surface area (Å²) in [6.07, 6.45) is 2.71. The van der Waals surface area contributed by atoms with Crippen molar-refractivity contribution in [2.45, 2.75) is 44.4 Å². The van der Waals surface area contributed by atoms with E-state index in [0.717, 1.165) is 18.9 Å². The van der Waals surface area contributed by atoms with Gasteiger partial charge in [0.05, 0.1) is 11.5 Å². The molecule has 0 radical (unpaired) electrons. The molecular formula is C17H19ClN2O6. The number of benzene rings is 1. The summed E-state index contributed by atoms with van der Waals surface area (Å²) in [5.74, 6) is -1.27. The molecule has 1 saturated carbocycles. The van der Waals surface area contributed by atoms with Crippen LogP contribution in [0.15, 0.2) is 18.2 Å². The van der Waals surface area contributed by atoms with Crippen LogP contribution < -0.4 is 0 Å². The van der Waals surface area contributed by atoms with Crippen molar-refractivity contribution in [2.24, 2.45) is 5.92 Å². The molecule has 0 bridgehead atoms. The van der Waals surface area contributed by atoms with Crippen LogP contribution in [0, 0.1) is 16.0 Å². The van der Waals surface area contributed by atoms with Crippen molar-refractivity contribution in [2.75, 3.05) is 6.61 Å². The van der Waals surface area contributed by atoms with Crippen molar-refractivity contribution in [3.8, 4) is 0 Å². The van der Waals surface area contributed by atoms with E-state index in [0.29, 0.717) is 18.8 Å². The predicted molar refractivity (Wildman–Crippen MR) is 92.0 cm³/mol. The Morgan fingerprint density at radius 2 is 2.04 bits per heavy atom. The smallest absolute Gasteiger partial charge is 0.328 e. The second-order valence-corrected chi connectivity index (χ2v) is 7.30. The average molecular weight is 383 g/mol. The summed E-state index contributed by atoms with van der Waals surface area (Å²) in [6, 6.07) is 2.61. The number of carboxylic acid groups (broad SMARTS) is 1. The van der Waals surface area contributed by atoms with Crippen molar-refractivity contribution >= 4 is 29.2 Å². The van der Waals surface area contributed by atoms with Gasteiger partial charge in [0.1, 0.15) is 10.7 Å². The van der Waals surface area contributed by atoms with E-state index in [-0.39, 0.29) is 17.2 Å². The Morgan fingerprint density at radius 3 is 2.62 bits per heavy atom. The molecule has 2 fully saturated rings. The number of nitro benzene ring substituents is 1.